The molecule has 15 heavy (non-hydrogen) atoms. The quantitative estimate of drug-likeness (QED) is 0.846. The summed E-state index contributed by atoms with van der Waals surface area (Å²) in [4.78, 5) is 5.26. The zero-order chi connectivity index (χ0) is 10.4. The Bertz CT molecular complexity index is 498. The highest BCUT2D eigenvalue weighted by Crippen LogP contribution is 2.40. The fourth-order valence-corrected chi connectivity index (χ4v) is 2.35. The molecular formula is C10H11N3OS. The molecule has 0 unspecified atom stereocenters. The standard InChI is InChI=1S/C10H11N3OS/c1-5-4-15-8(7(5)11)10-12-9(13-14-10)6-2-3-6/h4,6H,2-3,11H2,1H3. The number of hydrogen-bond donors (Lipinski definition) is 1. The van der Waals surface area contributed by atoms with Crippen molar-refractivity contribution in [3.63, 3.8) is 0 Å². The Morgan fingerprint density at radius 2 is 2.33 bits per heavy atom. The van der Waals surface area contributed by atoms with E-state index in [1.807, 2.05) is 12.3 Å². The molecule has 2 N–H and O–H groups in total. The lowest BCUT2D eigenvalue weighted by atomic mass is 10.3. The Hall–Kier alpha value is -1.36. The number of aryl methyl sites for hydroxylation is 1. The van der Waals surface area contributed by atoms with Gasteiger partial charge in [-0.2, -0.15) is 4.98 Å². The van der Waals surface area contributed by atoms with Gasteiger partial charge in [-0.25, -0.2) is 0 Å². The van der Waals surface area contributed by atoms with E-state index in [0.717, 1.165) is 22.0 Å². The van der Waals surface area contributed by atoms with Crippen LogP contribution in [0.5, 0.6) is 0 Å². The van der Waals surface area contributed by atoms with E-state index in [2.05, 4.69) is 10.1 Å². The van der Waals surface area contributed by atoms with Gasteiger partial charge in [-0.05, 0) is 30.7 Å². The van der Waals surface area contributed by atoms with Crippen molar-refractivity contribution in [1.82, 2.24) is 10.1 Å². The second kappa shape index (κ2) is 3.06. The van der Waals surface area contributed by atoms with Gasteiger partial charge in [-0.15, -0.1) is 11.3 Å². The Kier molecular flexibility index (Phi) is 1.82. The lowest BCUT2D eigenvalue weighted by molar-refractivity contribution is 0.423. The summed E-state index contributed by atoms with van der Waals surface area (Å²) in [7, 11) is 0. The van der Waals surface area contributed by atoms with Gasteiger partial charge >= 0.3 is 0 Å². The number of thiophene rings is 1. The average molecular weight is 221 g/mol. The van der Waals surface area contributed by atoms with Gasteiger partial charge in [0.25, 0.3) is 5.89 Å². The first-order valence-corrected chi connectivity index (χ1v) is 5.81. The van der Waals surface area contributed by atoms with Crippen LogP contribution in [0.4, 0.5) is 5.69 Å². The first kappa shape index (κ1) is 8.91. The van der Waals surface area contributed by atoms with Crippen LogP contribution >= 0.6 is 11.3 Å². The summed E-state index contributed by atoms with van der Waals surface area (Å²) in [5.74, 6) is 1.91. The molecule has 2 aromatic rings. The van der Waals surface area contributed by atoms with Gasteiger partial charge in [0, 0.05) is 5.92 Å². The molecule has 2 heterocycles. The Morgan fingerprint density at radius 3 is 2.93 bits per heavy atom. The molecule has 5 heteroatoms. The lowest BCUT2D eigenvalue weighted by Crippen LogP contribution is -1.87. The van der Waals surface area contributed by atoms with Crippen molar-refractivity contribution in [1.29, 1.82) is 0 Å². The Balaban J connectivity index is 2.00. The van der Waals surface area contributed by atoms with E-state index in [4.69, 9.17) is 10.3 Å². The minimum absolute atomic E-state index is 0.518. The monoisotopic (exact) mass is 221 g/mol. The molecule has 0 spiro atoms. The number of rotatable bonds is 2. The van der Waals surface area contributed by atoms with Crippen LogP contribution in [0.2, 0.25) is 0 Å². The number of nitrogen functional groups attached to an aromatic ring is 1. The van der Waals surface area contributed by atoms with Gasteiger partial charge in [0.15, 0.2) is 5.82 Å². The van der Waals surface area contributed by atoms with Gasteiger partial charge in [0.2, 0.25) is 0 Å². The summed E-state index contributed by atoms with van der Waals surface area (Å²) >= 11 is 1.55. The summed E-state index contributed by atoms with van der Waals surface area (Å²) in [6, 6.07) is 0. The second-order valence-electron chi connectivity index (χ2n) is 3.89. The van der Waals surface area contributed by atoms with Crippen LogP contribution in [0.15, 0.2) is 9.90 Å². The second-order valence-corrected chi connectivity index (χ2v) is 4.77. The molecule has 1 fully saturated rings. The topological polar surface area (TPSA) is 64.9 Å². The normalized spacial score (nSPS) is 15.8. The summed E-state index contributed by atoms with van der Waals surface area (Å²) in [5, 5.41) is 5.98. The van der Waals surface area contributed by atoms with Crippen LogP contribution < -0.4 is 5.73 Å². The van der Waals surface area contributed by atoms with Crippen LogP contribution in [-0.2, 0) is 0 Å². The molecule has 0 bridgehead atoms. The van der Waals surface area contributed by atoms with E-state index in [-0.39, 0.29) is 0 Å². The van der Waals surface area contributed by atoms with E-state index in [0.29, 0.717) is 11.8 Å². The molecule has 0 aliphatic heterocycles. The molecule has 0 saturated heterocycles. The molecule has 0 radical (unpaired) electrons. The summed E-state index contributed by atoms with van der Waals surface area (Å²) in [6.07, 6.45) is 2.36. The Labute approximate surface area is 91.1 Å². The molecule has 78 valence electrons. The SMILES string of the molecule is Cc1csc(-c2nc(C3CC3)no2)c1N. The van der Waals surface area contributed by atoms with Crippen molar-refractivity contribution in [3.05, 3.63) is 16.8 Å². The van der Waals surface area contributed by atoms with Gasteiger partial charge in [-0.1, -0.05) is 5.16 Å². The van der Waals surface area contributed by atoms with Crippen LogP contribution in [0.1, 0.15) is 30.1 Å². The van der Waals surface area contributed by atoms with Crippen molar-refractivity contribution >= 4 is 17.0 Å². The third kappa shape index (κ3) is 1.43. The van der Waals surface area contributed by atoms with Crippen LogP contribution in [0.3, 0.4) is 0 Å². The van der Waals surface area contributed by atoms with Gasteiger partial charge < -0.3 is 10.3 Å². The maximum absolute atomic E-state index is 5.92. The van der Waals surface area contributed by atoms with Crippen molar-refractivity contribution in [2.75, 3.05) is 5.73 Å². The first-order chi connectivity index (χ1) is 7.25. The van der Waals surface area contributed by atoms with E-state index in [1.165, 1.54) is 12.8 Å². The van der Waals surface area contributed by atoms with Gasteiger partial charge in [0.1, 0.15) is 4.88 Å². The van der Waals surface area contributed by atoms with Crippen LogP contribution in [0, 0.1) is 6.92 Å². The molecule has 4 nitrogen and oxygen atoms in total. The summed E-state index contributed by atoms with van der Waals surface area (Å²) in [6.45, 7) is 1.98. The van der Waals surface area contributed by atoms with Gasteiger partial charge in [-0.3, -0.25) is 0 Å². The highest BCUT2D eigenvalue weighted by molar-refractivity contribution is 7.14. The smallest absolute Gasteiger partial charge is 0.270 e. The van der Waals surface area contributed by atoms with Gasteiger partial charge in [0.05, 0.1) is 5.69 Å². The highest BCUT2D eigenvalue weighted by atomic mass is 32.1. The van der Waals surface area contributed by atoms with E-state index < -0.39 is 0 Å². The largest absolute Gasteiger partial charge is 0.397 e. The predicted octanol–water partition coefficient (Wildman–Crippen LogP) is 2.57. The average Bonchev–Trinajstić information content (AvgIpc) is 2.89. The minimum atomic E-state index is 0.518. The highest BCUT2D eigenvalue weighted by Gasteiger charge is 2.29. The third-order valence-electron chi connectivity index (χ3n) is 2.60. The van der Waals surface area contributed by atoms with E-state index in [1.54, 1.807) is 11.3 Å². The van der Waals surface area contributed by atoms with Crippen molar-refractivity contribution in [2.24, 2.45) is 0 Å². The summed E-state index contributed by atoms with van der Waals surface area (Å²) < 4.78 is 5.22. The zero-order valence-corrected chi connectivity index (χ0v) is 9.17. The molecule has 1 aliphatic rings. The lowest BCUT2D eigenvalue weighted by Gasteiger charge is -1.91. The van der Waals surface area contributed by atoms with E-state index in [9.17, 15) is 0 Å². The van der Waals surface area contributed by atoms with Crippen LogP contribution in [-0.4, -0.2) is 10.1 Å². The third-order valence-corrected chi connectivity index (χ3v) is 3.70. The predicted molar refractivity (Wildman–Crippen MR) is 58.7 cm³/mol. The Morgan fingerprint density at radius 1 is 1.53 bits per heavy atom. The van der Waals surface area contributed by atoms with Crippen molar-refractivity contribution in [2.45, 2.75) is 25.7 Å². The van der Waals surface area contributed by atoms with E-state index >= 15 is 0 Å². The first-order valence-electron chi connectivity index (χ1n) is 4.93. The fourth-order valence-electron chi connectivity index (χ4n) is 1.45. The molecule has 3 rings (SSSR count). The molecule has 0 atom stereocenters. The molecule has 2 aromatic heterocycles. The molecular weight excluding hydrogens is 210 g/mol. The number of nitrogens with two attached hydrogens (primary N) is 1. The van der Waals surface area contributed by atoms with Crippen molar-refractivity contribution in [3.8, 4) is 10.8 Å². The molecule has 1 saturated carbocycles. The fraction of sp³-hybridized carbons (Fsp3) is 0.400. The minimum Gasteiger partial charge on any atom is -0.397 e. The number of anilines is 1. The maximum atomic E-state index is 5.92. The number of hydrogen-bond acceptors (Lipinski definition) is 5. The number of nitrogens with zero attached hydrogens (tertiary/aromatic N) is 2. The maximum Gasteiger partial charge on any atom is 0.270 e. The van der Waals surface area contributed by atoms with Crippen LogP contribution in [0.25, 0.3) is 10.8 Å². The van der Waals surface area contributed by atoms with Crippen molar-refractivity contribution < 1.29 is 4.52 Å². The molecule has 0 amide bonds. The number of aromatic nitrogens is 2. The molecule has 1 aliphatic carbocycles. The summed E-state index contributed by atoms with van der Waals surface area (Å²) in [5.41, 5.74) is 7.74. The zero-order valence-electron chi connectivity index (χ0n) is 8.36. The molecule has 0 aromatic carbocycles.